The van der Waals surface area contributed by atoms with Crippen LogP contribution in [0.15, 0.2) is 31.4 Å². The molecule has 0 amide bonds. The van der Waals surface area contributed by atoms with Crippen molar-refractivity contribution < 1.29 is 9.85 Å². The predicted molar refractivity (Wildman–Crippen MR) is 91.0 cm³/mol. The maximum absolute atomic E-state index is 11.6. The highest BCUT2D eigenvalue weighted by Crippen LogP contribution is 2.43. The molecule has 1 rings (SSSR count). The lowest BCUT2D eigenvalue weighted by Gasteiger charge is -2.33. The molecule has 2 unspecified atom stereocenters. The second-order valence-electron chi connectivity index (χ2n) is 5.41. The summed E-state index contributed by atoms with van der Waals surface area (Å²) in [6.45, 7) is 14.2. The molecule has 0 aromatic heterocycles. The van der Waals surface area contributed by atoms with Crippen LogP contribution in [0.4, 0.5) is 17.1 Å². The third kappa shape index (κ3) is 3.39. The van der Waals surface area contributed by atoms with Gasteiger partial charge in [0, 0.05) is 23.7 Å². The van der Waals surface area contributed by atoms with Crippen LogP contribution < -0.4 is 4.90 Å². The zero-order chi connectivity index (χ0) is 17.9. The van der Waals surface area contributed by atoms with Crippen molar-refractivity contribution in [2.45, 2.75) is 39.8 Å². The number of rotatable bonds is 7. The van der Waals surface area contributed by atoms with Gasteiger partial charge in [-0.3, -0.25) is 20.2 Å². The Morgan fingerprint density at radius 2 is 1.57 bits per heavy atom. The summed E-state index contributed by atoms with van der Waals surface area (Å²) < 4.78 is 0. The molecule has 124 valence electrons. The van der Waals surface area contributed by atoms with E-state index in [4.69, 9.17) is 0 Å². The Hall–Kier alpha value is -2.70. The normalized spacial score (nSPS) is 13.0. The van der Waals surface area contributed by atoms with Gasteiger partial charge < -0.3 is 4.90 Å². The monoisotopic (exact) mass is 319 g/mol. The molecule has 0 N–H and O–H groups in total. The Balaban J connectivity index is 3.92. The summed E-state index contributed by atoms with van der Waals surface area (Å²) in [4.78, 5) is 23.5. The summed E-state index contributed by atoms with van der Waals surface area (Å²) in [7, 11) is 0. The number of nitro groups is 2. The number of anilines is 1. The molecule has 0 saturated heterocycles. The third-order valence-electron chi connectivity index (χ3n) is 3.96. The molecule has 0 saturated carbocycles. The molecule has 1 aromatic carbocycles. The van der Waals surface area contributed by atoms with E-state index in [1.54, 1.807) is 44.7 Å². The van der Waals surface area contributed by atoms with E-state index >= 15 is 0 Å². The first-order valence-corrected chi connectivity index (χ1v) is 7.13. The van der Waals surface area contributed by atoms with E-state index in [0.717, 1.165) is 0 Å². The molecule has 0 spiro atoms. The van der Waals surface area contributed by atoms with Gasteiger partial charge in [0.05, 0.1) is 9.85 Å². The number of nitro benzene ring substituents is 2. The van der Waals surface area contributed by atoms with Crippen molar-refractivity contribution in [1.29, 1.82) is 0 Å². The van der Waals surface area contributed by atoms with Crippen LogP contribution in [0.2, 0.25) is 0 Å². The molecule has 0 fully saturated rings. The molecule has 0 bridgehead atoms. The van der Waals surface area contributed by atoms with Gasteiger partial charge in [0.25, 0.3) is 5.69 Å². The Morgan fingerprint density at radius 3 is 1.91 bits per heavy atom. The van der Waals surface area contributed by atoms with Crippen LogP contribution >= 0.6 is 0 Å². The number of hydrogen-bond donors (Lipinski definition) is 0. The minimum atomic E-state index is -0.590. The second kappa shape index (κ2) is 7.04. The Labute approximate surface area is 135 Å². The van der Waals surface area contributed by atoms with E-state index in [2.05, 4.69) is 13.2 Å². The largest absolute Gasteiger partial charge is 0.348 e. The summed E-state index contributed by atoms with van der Waals surface area (Å²) in [5, 5.41) is 23.1. The smallest absolute Gasteiger partial charge is 0.302 e. The first kappa shape index (κ1) is 18.3. The molecule has 7 heteroatoms. The van der Waals surface area contributed by atoms with Crippen molar-refractivity contribution in [3.63, 3.8) is 0 Å². The number of aryl methyl sites for hydroxylation is 1. The van der Waals surface area contributed by atoms with E-state index in [9.17, 15) is 20.2 Å². The fraction of sp³-hybridized carbons (Fsp3) is 0.375. The van der Waals surface area contributed by atoms with Gasteiger partial charge in [-0.2, -0.15) is 0 Å². The lowest BCUT2D eigenvalue weighted by Crippen LogP contribution is -2.39. The van der Waals surface area contributed by atoms with Crippen molar-refractivity contribution in [2.75, 3.05) is 4.90 Å². The molecule has 23 heavy (non-hydrogen) atoms. The average molecular weight is 319 g/mol. The van der Waals surface area contributed by atoms with E-state index in [0.29, 0.717) is 11.1 Å². The van der Waals surface area contributed by atoms with Crippen molar-refractivity contribution in [2.24, 2.45) is 0 Å². The van der Waals surface area contributed by atoms with Crippen LogP contribution in [-0.2, 0) is 0 Å². The fourth-order valence-electron chi connectivity index (χ4n) is 2.49. The van der Waals surface area contributed by atoms with Gasteiger partial charge in [0.2, 0.25) is 0 Å². The Morgan fingerprint density at radius 1 is 1.09 bits per heavy atom. The molecule has 2 atom stereocenters. The maximum atomic E-state index is 11.6. The quantitative estimate of drug-likeness (QED) is 0.429. The number of nitrogens with zero attached hydrogens (tertiary/aromatic N) is 3. The van der Waals surface area contributed by atoms with Gasteiger partial charge in [-0.15, -0.1) is 13.2 Å². The van der Waals surface area contributed by atoms with Gasteiger partial charge in [-0.1, -0.05) is 12.2 Å². The van der Waals surface area contributed by atoms with E-state index in [1.165, 1.54) is 6.07 Å². The zero-order valence-electron chi connectivity index (χ0n) is 13.8. The van der Waals surface area contributed by atoms with E-state index < -0.39 is 9.85 Å². The van der Waals surface area contributed by atoms with Crippen LogP contribution in [0.3, 0.4) is 0 Å². The van der Waals surface area contributed by atoms with Crippen LogP contribution in [0.5, 0.6) is 0 Å². The third-order valence-corrected chi connectivity index (χ3v) is 3.96. The minimum absolute atomic E-state index is 0.0112. The first-order chi connectivity index (χ1) is 10.7. The minimum Gasteiger partial charge on any atom is -0.348 e. The summed E-state index contributed by atoms with van der Waals surface area (Å²) >= 11 is 0. The molecule has 7 nitrogen and oxygen atoms in total. The Bertz CT molecular complexity index is 656. The maximum Gasteiger partial charge on any atom is 0.302 e. The lowest BCUT2D eigenvalue weighted by atomic mass is 10.0. The number of hydrogen-bond acceptors (Lipinski definition) is 5. The fourth-order valence-corrected chi connectivity index (χ4v) is 2.49. The molecule has 0 radical (unpaired) electrons. The molecular formula is C16H21N3O4. The summed E-state index contributed by atoms with van der Waals surface area (Å²) in [6.07, 6.45) is 3.17. The summed E-state index contributed by atoms with van der Waals surface area (Å²) in [6, 6.07) is 0.682. The van der Waals surface area contributed by atoms with Crippen LogP contribution in [-0.4, -0.2) is 21.9 Å². The molecule has 0 heterocycles. The van der Waals surface area contributed by atoms with Crippen LogP contribution in [0.1, 0.15) is 25.0 Å². The molecular weight excluding hydrogens is 298 g/mol. The van der Waals surface area contributed by atoms with Gasteiger partial charge in [-0.05, 0) is 33.3 Å². The van der Waals surface area contributed by atoms with Gasteiger partial charge >= 0.3 is 5.69 Å². The van der Waals surface area contributed by atoms with E-state index in [-0.39, 0.29) is 29.1 Å². The molecule has 0 aliphatic heterocycles. The Kier molecular flexibility index (Phi) is 5.62. The van der Waals surface area contributed by atoms with Gasteiger partial charge in [0.1, 0.15) is 0 Å². The molecule has 0 aliphatic rings. The van der Waals surface area contributed by atoms with Crippen molar-refractivity contribution >= 4 is 17.1 Å². The van der Waals surface area contributed by atoms with Crippen LogP contribution in [0.25, 0.3) is 0 Å². The van der Waals surface area contributed by atoms with Crippen molar-refractivity contribution in [3.8, 4) is 0 Å². The number of benzene rings is 1. The van der Waals surface area contributed by atoms with Crippen molar-refractivity contribution in [1.82, 2.24) is 0 Å². The summed E-state index contributed by atoms with van der Waals surface area (Å²) in [5.41, 5.74) is 0.363. The first-order valence-electron chi connectivity index (χ1n) is 7.13. The standard InChI is InChI=1S/C16H21N3O4/c1-7-11(4)17(12(5)8-2)16-14(18(20)21)9-10(3)13(6)15(16)19(22)23/h7-9,11-12H,1-2H2,3-6H3. The topological polar surface area (TPSA) is 89.5 Å². The summed E-state index contributed by atoms with van der Waals surface area (Å²) in [5.74, 6) is 0. The lowest BCUT2D eigenvalue weighted by molar-refractivity contribution is -0.393. The zero-order valence-corrected chi connectivity index (χ0v) is 13.8. The average Bonchev–Trinajstić information content (AvgIpc) is 2.49. The second-order valence-corrected chi connectivity index (χ2v) is 5.41. The highest BCUT2D eigenvalue weighted by Gasteiger charge is 2.35. The predicted octanol–water partition coefficient (Wildman–Crippen LogP) is 4.08. The highest BCUT2D eigenvalue weighted by molar-refractivity contribution is 5.80. The van der Waals surface area contributed by atoms with Gasteiger partial charge in [-0.25, -0.2) is 0 Å². The SMILES string of the molecule is C=CC(C)N(c1c([N+](=O)[O-])cc(C)c(C)c1[N+](=O)[O-])C(C)C=C. The van der Waals surface area contributed by atoms with Crippen molar-refractivity contribution in [3.05, 3.63) is 62.7 Å². The van der Waals surface area contributed by atoms with Crippen LogP contribution in [0, 0.1) is 34.1 Å². The molecule has 0 aliphatic carbocycles. The van der Waals surface area contributed by atoms with E-state index in [1.807, 2.05) is 0 Å². The molecule has 1 aromatic rings. The van der Waals surface area contributed by atoms with Gasteiger partial charge in [0.15, 0.2) is 5.69 Å². The highest BCUT2D eigenvalue weighted by atomic mass is 16.6.